The summed E-state index contributed by atoms with van der Waals surface area (Å²) in [5.74, 6) is 1.14. The highest BCUT2D eigenvalue weighted by Gasteiger charge is 2.46. The van der Waals surface area contributed by atoms with E-state index < -0.39 is 29.7 Å². The highest BCUT2D eigenvalue weighted by molar-refractivity contribution is 5.25. The Hall–Kier alpha value is -1.70. The summed E-state index contributed by atoms with van der Waals surface area (Å²) in [7, 11) is 1.64. The molecular formula is C18H24N2O5. The first kappa shape index (κ1) is 16.8. The molecule has 6 atom stereocenters. The van der Waals surface area contributed by atoms with Gasteiger partial charge in [-0.15, -0.1) is 0 Å². The third-order valence-corrected chi connectivity index (χ3v) is 5.85. The number of H-pyrrole nitrogens is 1. The predicted molar refractivity (Wildman–Crippen MR) is 90.3 cm³/mol. The second-order valence-electron chi connectivity index (χ2n) is 7.43. The van der Waals surface area contributed by atoms with Crippen LogP contribution in [0.1, 0.15) is 37.5 Å². The molecule has 3 aliphatic rings. The van der Waals surface area contributed by atoms with Crippen molar-refractivity contribution in [2.75, 3.05) is 7.11 Å². The van der Waals surface area contributed by atoms with Gasteiger partial charge in [0.15, 0.2) is 0 Å². The van der Waals surface area contributed by atoms with E-state index in [2.05, 4.69) is 11.1 Å². The minimum Gasteiger partial charge on any atom is -0.390 e. The molecule has 1 aromatic rings. The van der Waals surface area contributed by atoms with Gasteiger partial charge in [0.25, 0.3) is 5.56 Å². The van der Waals surface area contributed by atoms with Crippen molar-refractivity contribution in [1.82, 2.24) is 9.55 Å². The highest BCUT2D eigenvalue weighted by atomic mass is 16.6. The van der Waals surface area contributed by atoms with E-state index in [9.17, 15) is 14.7 Å². The van der Waals surface area contributed by atoms with E-state index in [1.54, 1.807) is 14.0 Å². The topological polar surface area (TPSA) is 93.5 Å². The Bertz CT molecular complexity index is 810. The lowest BCUT2D eigenvalue weighted by Gasteiger charge is -2.29. The van der Waals surface area contributed by atoms with Crippen LogP contribution in [-0.4, -0.2) is 40.1 Å². The summed E-state index contributed by atoms with van der Waals surface area (Å²) in [6, 6.07) is 0. The number of hydrogen-bond donors (Lipinski definition) is 2. The number of aromatic nitrogens is 2. The lowest BCUT2D eigenvalue weighted by atomic mass is 9.89. The van der Waals surface area contributed by atoms with Gasteiger partial charge in [0.05, 0.1) is 6.10 Å². The molecule has 3 unspecified atom stereocenters. The average molecular weight is 348 g/mol. The maximum atomic E-state index is 12.1. The summed E-state index contributed by atoms with van der Waals surface area (Å²) in [5.41, 5.74) is 0.730. The molecule has 7 nitrogen and oxygen atoms in total. The van der Waals surface area contributed by atoms with Gasteiger partial charge >= 0.3 is 5.69 Å². The second-order valence-corrected chi connectivity index (χ2v) is 7.43. The number of aliphatic hydroxyl groups is 1. The number of aromatic amines is 1. The zero-order chi connectivity index (χ0) is 17.7. The van der Waals surface area contributed by atoms with Crippen LogP contribution in [0.15, 0.2) is 27.4 Å². The Morgan fingerprint density at radius 2 is 2.16 bits per heavy atom. The van der Waals surface area contributed by atoms with Crippen LogP contribution in [-0.2, 0) is 9.47 Å². The molecule has 1 saturated carbocycles. The minimum absolute atomic E-state index is 0.289. The maximum absolute atomic E-state index is 12.1. The molecule has 2 N–H and O–H groups in total. The fourth-order valence-corrected chi connectivity index (χ4v) is 4.59. The summed E-state index contributed by atoms with van der Waals surface area (Å²) in [4.78, 5) is 25.9. The third kappa shape index (κ3) is 2.80. The molecule has 2 aliphatic carbocycles. The van der Waals surface area contributed by atoms with Crippen molar-refractivity contribution >= 4 is 0 Å². The monoisotopic (exact) mass is 348 g/mol. The van der Waals surface area contributed by atoms with E-state index in [1.807, 2.05) is 0 Å². The number of nitrogens with one attached hydrogen (secondary N) is 1. The van der Waals surface area contributed by atoms with Crippen LogP contribution < -0.4 is 11.2 Å². The average Bonchev–Trinajstić information content (AvgIpc) is 3.28. The van der Waals surface area contributed by atoms with Crippen LogP contribution in [0.2, 0.25) is 0 Å². The minimum atomic E-state index is -0.728. The lowest BCUT2D eigenvalue weighted by Crippen LogP contribution is -2.39. The molecule has 0 radical (unpaired) electrons. The number of aliphatic hydroxyl groups excluding tert-OH is 1. The van der Waals surface area contributed by atoms with Crippen LogP contribution in [0.4, 0.5) is 0 Å². The number of methoxy groups -OCH3 is 1. The molecule has 0 amide bonds. The van der Waals surface area contributed by atoms with E-state index in [4.69, 9.17) is 9.47 Å². The summed E-state index contributed by atoms with van der Waals surface area (Å²) < 4.78 is 13.1. The first-order chi connectivity index (χ1) is 12.0. The molecule has 25 heavy (non-hydrogen) atoms. The van der Waals surface area contributed by atoms with Crippen molar-refractivity contribution < 1.29 is 14.6 Å². The molecule has 2 fully saturated rings. The van der Waals surface area contributed by atoms with Crippen molar-refractivity contribution in [2.24, 2.45) is 11.8 Å². The zero-order valence-electron chi connectivity index (χ0n) is 14.5. The van der Waals surface area contributed by atoms with E-state index in [1.165, 1.54) is 35.6 Å². The zero-order valence-corrected chi connectivity index (χ0v) is 14.5. The summed E-state index contributed by atoms with van der Waals surface area (Å²) in [6.07, 6.45) is 5.47. The fraction of sp³-hybridized carbons (Fsp3) is 0.667. The van der Waals surface area contributed by atoms with Crippen molar-refractivity contribution in [3.63, 3.8) is 0 Å². The number of nitrogens with zero attached hydrogens (tertiary/aromatic N) is 1. The molecule has 0 spiro atoms. The first-order valence-corrected chi connectivity index (χ1v) is 8.88. The van der Waals surface area contributed by atoms with Crippen molar-refractivity contribution in [3.05, 3.63) is 44.2 Å². The Balaban J connectivity index is 1.59. The Morgan fingerprint density at radius 3 is 2.80 bits per heavy atom. The Kier molecular flexibility index (Phi) is 4.17. The second kappa shape index (κ2) is 6.23. The smallest absolute Gasteiger partial charge is 0.330 e. The van der Waals surface area contributed by atoms with Crippen LogP contribution in [0.3, 0.4) is 0 Å². The van der Waals surface area contributed by atoms with E-state index in [0.29, 0.717) is 17.4 Å². The largest absolute Gasteiger partial charge is 0.390 e. The van der Waals surface area contributed by atoms with Gasteiger partial charge in [-0.05, 0) is 43.6 Å². The van der Waals surface area contributed by atoms with Crippen LogP contribution >= 0.6 is 0 Å². The Labute approximate surface area is 145 Å². The number of fused-ring (bicyclic) bond motifs is 2. The number of rotatable bonds is 4. The van der Waals surface area contributed by atoms with E-state index in [0.717, 1.165) is 0 Å². The fourth-order valence-electron chi connectivity index (χ4n) is 4.59. The molecule has 2 bridgehead atoms. The van der Waals surface area contributed by atoms with Gasteiger partial charge in [0, 0.05) is 25.3 Å². The molecule has 4 rings (SSSR count). The molecule has 136 valence electrons. The normalized spacial score (nSPS) is 35.2. The number of ether oxygens (including phenoxy) is 2. The molecule has 7 heteroatoms. The quantitative estimate of drug-likeness (QED) is 0.788. The van der Waals surface area contributed by atoms with Crippen molar-refractivity contribution in [3.8, 4) is 0 Å². The van der Waals surface area contributed by atoms with E-state index >= 15 is 0 Å². The Morgan fingerprint density at radius 1 is 1.36 bits per heavy atom. The molecule has 2 heterocycles. The third-order valence-electron chi connectivity index (χ3n) is 5.85. The van der Waals surface area contributed by atoms with Crippen LogP contribution in [0, 0.1) is 18.8 Å². The van der Waals surface area contributed by atoms with E-state index in [-0.39, 0.29) is 12.5 Å². The molecule has 1 aromatic heterocycles. The van der Waals surface area contributed by atoms with Crippen molar-refractivity contribution in [1.29, 1.82) is 0 Å². The molecule has 1 aliphatic heterocycles. The predicted octanol–water partition coefficient (Wildman–Crippen LogP) is 0.865. The number of hydrogen-bond acceptors (Lipinski definition) is 5. The molecule has 1 saturated heterocycles. The maximum Gasteiger partial charge on any atom is 0.330 e. The summed E-state index contributed by atoms with van der Waals surface area (Å²) in [5, 5.41) is 10.5. The summed E-state index contributed by atoms with van der Waals surface area (Å²) in [6.45, 7) is 1.63. The highest BCUT2D eigenvalue weighted by Crippen LogP contribution is 2.47. The van der Waals surface area contributed by atoms with Gasteiger partial charge in [0.1, 0.15) is 18.4 Å². The number of allylic oxidation sites excluding steroid dienone is 1. The van der Waals surface area contributed by atoms with Gasteiger partial charge in [-0.1, -0.05) is 6.08 Å². The SMILES string of the molecule is COC(C1=CC2CCC1C2)[C@H]1O[C@@H](n2cc(C)c(=O)[nH]c2=O)C[C@@H]1O. The van der Waals surface area contributed by atoms with Gasteiger partial charge in [-0.3, -0.25) is 14.3 Å². The standard InChI is InChI=1S/C18H24N2O5/c1-9-8-20(18(23)19-17(9)22)14-7-13(21)16(25-14)15(24-2)12-6-10-3-4-11(12)5-10/h6,8,10-11,13-16,21H,3-5,7H2,1-2H3,(H,19,22,23)/t10?,11?,13-,14+,15?,16-/m0/s1. The number of aryl methyl sites for hydroxylation is 1. The molecular weight excluding hydrogens is 324 g/mol. The summed E-state index contributed by atoms with van der Waals surface area (Å²) >= 11 is 0. The van der Waals surface area contributed by atoms with Gasteiger partial charge in [-0.25, -0.2) is 4.79 Å². The van der Waals surface area contributed by atoms with Crippen LogP contribution in [0.5, 0.6) is 0 Å². The van der Waals surface area contributed by atoms with Gasteiger partial charge in [0.2, 0.25) is 0 Å². The van der Waals surface area contributed by atoms with Crippen molar-refractivity contribution in [2.45, 2.75) is 57.1 Å². The first-order valence-electron chi connectivity index (χ1n) is 8.88. The van der Waals surface area contributed by atoms with Gasteiger partial charge < -0.3 is 14.6 Å². The van der Waals surface area contributed by atoms with Crippen LogP contribution in [0.25, 0.3) is 0 Å². The molecule has 0 aromatic carbocycles. The van der Waals surface area contributed by atoms with Gasteiger partial charge in [-0.2, -0.15) is 0 Å². The lowest BCUT2D eigenvalue weighted by molar-refractivity contribution is -0.0856.